The van der Waals surface area contributed by atoms with Gasteiger partial charge >= 0.3 is 0 Å². The Morgan fingerprint density at radius 1 is 1.15 bits per heavy atom. The van der Waals surface area contributed by atoms with Crippen LogP contribution in [0.1, 0.15) is 16.1 Å². The highest BCUT2D eigenvalue weighted by Crippen LogP contribution is 2.27. The van der Waals surface area contributed by atoms with Crippen molar-refractivity contribution in [2.45, 2.75) is 6.54 Å². The Balaban J connectivity index is 0.00000338. The molecule has 0 fully saturated rings. The number of nitrogens with one attached hydrogen (secondary N) is 2. The molecule has 0 spiro atoms. The zero-order valence-electron chi connectivity index (χ0n) is 14.7. The number of hydrogen-bond donors (Lipinski definition) is 3. The first-order valence-electron chi connectivity index (χ1n) is 7.70. The minimum absolute atomic E-state index is 0. The molecule has 0 aliphatic carbocycles. The third kappa shape index (κ3) is 6.47. The Morgan fingerprint density at radius 2 is 1.88 bits per heavy atom. The summed E-state index contributed by atoms with van der Waals surface area (Å²) in [5.74, 6) is 1.60. The van der Waals surface area contributed by atoms with Crippen LogP contribution in [0.15, 0.2) is 46.0 Å². The van der Waals surface area contributed by atoms with Crippen molar-refractivity contribution in [1.82, 2.24) is 10.6 Å². The molecule has 9 heteroatoms. The summed E-state index contributed by atoms with van der Waals surface area (Å²) in [5, 5.41) is 5.64. The maximum atomic E-state index is 11.7. The molecule has 4 N–H and O–H groups in total. The number of halogens is 1. The third-order valence-electron chi connectivity index (χ3n) is 3.34. The molecule has 0 aliphatic rings. The van der Waals surface area contributed by atoms with Crippen LogP contribution in [-0.2, 0) is 6.54 Å². The van der Waals surface area contributed by atoms with E-state index in [1.165, 1.54) is 6.26 Å². The van der Waals surface area contributed by atoms with Crippen LogP contribution in [0.25, 0.3) is 0 Å². The lowest BCUT2D eigenvalue weighted by atomic mass is 10.2. The number of methoxy groups -OCH3 is 2. The predicted molar refractivity (Wildman–Crippen MR) is 109 cm³/mol. The Bertz CT molecular complexity index is 720. The Morgan fingerprint density at radius 3 is 2.54 bits per heavy atom. The van der Waals surface area contributed by atoms with Crippen molar-refractivity contribution in [2.24, 2.45) is 10.7 Å². The van der Waals surface area contributed by atoms with Crippen molar-refractivity contribution in [3.8, 4) is 11.5 Å². The number of hydrogen-bond acceptors (Lipinski definition) is 5. The molecule has 1 heterocycles. The minimum atomic E-state index is -0.271. The molecule has 0 saturated carbocycles. The van der Waals surface area contributed by atoms with Gasteiger partial charge in [-0.3, -0.25) is 4.79 Å². The second kappa shape index (κ2) is 11.2. The summed E-state index contributed by atoms with van der Waals surface area (Å²) in [5.41, 5.74) is 6.75. The molecular weight excluding hydrogens is 451 g/mol. The molecule has 8 nitrogen and oxygen atoms in total. The lowest BCUT2D eigenvalue weighted by molar-refractivity contribution is 0.0926. The number of furan rings is 1. The molecule has 26 heavy (non-hydrogen) atoms. The van der Waals surface area contributed by atoms with E-state index in [0.717, 1.165) is 5.56 Å². The minimum Gasteiger partial charge on any atom is -0.493 e. The van der Waals surface area contributed by atoms with Gasteiger partial charge in [0, 0.05) is 13.1 Å². The predicted octanol–water partition coefficient (Wildman–Crippen LogP) is 1.75. The summed E-state index contributed by atoms with van der Waals surface area (Å²) in [6, 6.07) is 8.81. The fraction of sp³-hybridized carbons (Fsp3) is 0.294. The van der Waals surface area contributed by atoms with E-state index in [1.807, 2.05) is 18.2 Å². The lowest BCUT2D eigenvalue weighted by Crippen LogP contribution is -2.38. The largest absolute Gasteiger partial charge is 0.493 e. The topological polar surface area (TPSA) is 111 Å². The van der Waals surface area contributed by atoms with Crippen molar-refractivity contribution in [3.05, 3.63) is 47.9 Å². The van der Waals surface area contributed by atoms with Crippen molar-refractivity contribution in [1.29, 1.82) is 0 Å². The summed E-state index contributed by atoms with van der Waals surface area (Å²) in [6.45, 7) is 1.25. The molecule has 0 radical (unpaired) electrons. The maximum Gasteiger partial charge on any atom is 0.287 e. The highest BCUT2D eigenvalue weighted by molar-refractivity contribution is 14.0. The van der Waals surface area contributed by atoms with Gasteiger partial charge in [-0.1, -0.05) is 6.07 Å². The van der Waals surface area contributed by atoms with Crippen LogP contribution in [0.3, 0.4) is 0 Å². The third-order valence-corrected chi connectivity index (χ3v) is 3.34. The fourth-order valence-corrected chi connectivity index (χ4v) is 2.07. The second-order valence-electron chi connectivity index (χ2n) is 5.05. The molecule has 1 aromatic heterocycles. The smallest absolute Gasteiger partial charge is 0.287 e. The number of carbonyl (C=O) groups excluding carboxylic acids is 1. The molecular formula is C17H23IN4O4. The summed E-state index contributed by atoms with van der Waals surface area (Å²) >= 11 is 0. The Hall–Kier alpha value is -2.43. The molecule has 142 valence electrons. The van der Waals surface area contributed by atoms with Crippen LogP contribution in [0.4, 0.5) is 0 Å². The van der Waals surface area contributed by atoms with Crippen LogP contribution in [-0.4, -0.2) is 39.2 Å². The number of amides is 1. The van der Waals surface area contributed by atoms with E-state index in [0.29, 0.717) is 37.1 Å². The van der Waals surface area contributed by atoms with Gasteiger partial charge in [0.25, 0.3) is 5.91 Å². The van der Waals surface area contributed by atoms with Crippen molar-refractivity contribution < 1.29 is 18.7 Å². The highest BCUT2D eigenvalue weighted by Gasteiger charge is 2.07. The summed E-state index contributed by atoms with van der Waals surface area (Å²) in [4.78, 5) is 15.9. The number of benzene rings is 1. The average Bonchev–Trinajstić information content (AvgIpc) is 3.17. The summed E-state index contributed by atoms with van der Waals surface area (Å²) < 4.78 is 15.4. The first-order chi connectivity index (χ1) is 12.1. The molecule has 0 bridgehead atoms. The SMILES string of the molecule is COc1ccc(CN=C(N)NCCNC(=O)c2ccco2)cc1OC.I. The maximum absolute atomic E-state index is 11.7. The number of ether oxygens (including phenoxy) is 2. The monoisotopic (exact) mass is 474 g/mol. The van der Waals surface area contributed by atoms with E-state index in [4.69, 9.17) is 19.6 Å². The zero-order valence-corrected chi connectivity index (χ0v) is 17.0. The summed E-state index contributed by atoms with van der Waals surface area (Å²) in [6.07, 6.45) is 1.45. The lowest BCUT2D eigenvalue weighted by Gasteiger charge is -2.09. The molecule has 0 unspecified atom stereocenters. The number of rotatable bonds is 8. The molecule has 0 atom stereocenters. The van der Waals surface area contributed by atoms with Crippen LogP contribution in [0, 0.1) is 0 Å². The number of nitrogens with two attached hydrogens (primary N) is 1. The van der Waals surface area contributed by atoms with E-state index in [9.17, 15) is 4.79 Å². The van der Waals surface area contributed by atoms with E-state index in [1.54, 1.807) is 26.4 Å². The van der Waals surface area contributed by atoms with Gasteiger partial charge in [-0.05, 0) is 29.8 Å². The van der Waals surface area contributed by atoms with E-state index >= 15 is 0 Å². The van der Waals surface area contributed by atoms with E-state index in [2.05, 4.69) is 15.6 Å². The fourth-order valence-electron chi connectivity index (χ4n) is 2.07. The molecule has 1 amide bonds. The van der Waals surface area contributed by atoms with Crippen LogP contribution < -0.4 is 25.8 Å². The van der Waals surface area contributed by atoms with Gasteiger partial charge < -0.3 is 30.3 Å². The van der Waals surface area contributed by atoms with Gasteiger partial charge in [-0.15, -0.1) is 24.0 Å². The Labute approximate surface area is 169 Å². The Kier molecular flexibility index (Phi) is 9.34. The number of nitrogens with zero attached hydrogens (tertiary/aromatic N) is 1. The molecule has 2 aromatic rings. The van der Waals surface area contributed by atoms with Gasteiger partial charge in [0.2, 0.25) is 0 Å². The summed E-state index contributed by atoms with van der Waals surface area (Å²) in [7, 11) is 3.17. The van der Waals surface area contributed by atoms with Gasteiger partial charge in [0.05, 0.1) is 27.0 Å². The van der Waals surface area contributed by atoms with Crippen LogP contribution in [0.5, 0.6) is 11.5 Å². The normalized spacial score (nSPS) is 10.6. The second-order valence-corrected chi connectivity index (χ2v) is 5.05. The molecule has 0 saturated heterocycles. The van der Waals surface area contributed by atoms with Crippen LogP contribution in [0.2, 0.25) is 0 Å². The van der Waals surface area contributed by atoms with Gasteiger partial charge in [-0.2, -0.15) is 0 Å². The first kappa shape index (κ1) is 21.6. The van der Waals surface area contributed by atoms with E-state index in [-0.39, 0.29) is 35.6 Å². The highest BCUT2D eigenvalue weighted by atomic mass is 127. The molecule has 1 aromatic carbocycles. The standard InChI is InChI=1S/C17H22N4O4.HI/c1-23-13-6-5-12(10-15(13)24-2)11-21-17(18)20-8-7-19-16(22)14-4-3-9-25-14;/h3-6,9-10H,7-8,11H2,1-2H3,(H,19,22)(H3,18,20,21);1H. The average molecular weight is 474 g/mol. The zero-order chi connectivity index (χ0) is 18.1. The number of aliphatic imine (C=N–C) groups is 1. The van der Waals surface area contributed by atoms with Crippen molar-refractivity contribution in [3.63, 3.8) is 0 Å². The van der Waals surface area contributed by atoms with Gasteiger partial charge in [0.15, 0.2) is 23.2 Å². The number of carbonyl (C=O) groups is 1. The van der Waals surface area contributed by atoms with E-state index < -0.39 is 0 Å². The van der Waals surface area contributed by atoms with Crippen LogP contribution >= 0.6 is 24.0 Å². The first-order valence-corrected chi connectivity index (χ1v) is 7.70. The molecule has 0 aliphatic heterocycles. The van der Waals surface area contributed by atoms with Crippen molar-refractivity contribution in [2.75, 3.05) is 27.3 Å². The molecule has 2 rings (SSSR count). The number of guanidine groups is 1. The quantitative estimate of drug-likeness (QED) is 0.233. The van der Waals surface area contributed by atoms with Gasteiger partial charge in [0.1, 0.15) is 0 Å². The van der Waals surface area contributed by atoms with Gasteiger partial charge in [-0.25, -0.2) is 4.99 Å². The van der Waals surface area contributed by atoms with Crippen molar-refractivity contribution >= 4 is 35.8 Å².